The second-order valence-electron chi connectivity index (χ2n) is 5.78. The molecule has 3 N–H and O–H groups in total. The number of nitrogens with one attached hydrogen (secondary N) is 1. The standard InChI is InChI=1S/C17H22N4O4S2/c1-21(9-14-19-11-5-3-4-6-13(11)27-14)15(22)10-25-16(23)12(7-8-26-2)20-17(18)24/h3-6,12H,7-10H2,1-2H3,(H3,18,20,24)/t12-/m1/s1. The van der Waals surface area contributed by atoms with Gasteiger partial charge in [-0.2, -0.15) is 11.8 Å². The zero-order valence-electron chi connectivity index (χ0n) is 15.1. The number of fused-ring (bicyclic) bond motifs is 1. The summed E-state index contributed by atoms with van der Waals surface area (Å²) in [5.41, 5.74) is 5.97. The zero-order valence-corrected chi connectivity index (χ0v) is 16.8. The van der Waals surface area contributed by atoms with Crippen LogP contribution in [0.4, 0.5) is 4.79 Å². The highest BCUT2D eigenvalue weighted by Crippen LogP contribution is 2.22. The molecule has 0 saturated heterocycles. The summed E-state index contributed by atoms with van der Waals surface area (Å²) in [5.74, 6) is -0.388. The molecule has 1 aromatic heterocycles. The molecule has 10 heteroatoms. The van der Waals surface area contributed by atoms with Gasteiger partial charge in [0.2, 0.25) is 0 Å². The predicted octanol–water partition coefficient (Wildman–Crippen LogP) is 1.59. The Kier molecular flexibility index (Phi) is 7.86. The van der Waals surface area contributed by atoms with Gasteiger partial charge in [-0.1, -0.05) is 12.1 Å². The van der Waals surface area contributed by atoms with Crippen molar-refractivity contribution >= 4 is 51.2 Å². The fourth-order valence-corrected chi connectivity index (χ4v) is 3.77. The summed E-state index contributed by atoms with van der Waals surface area (Å²) in [4.78, 5) is 41.3. The van der Waals surface area contributed by atoms with Crippen LogP contribution in [0.5, 0.6) is 0 Å². The van der Waals surface area contributed by atoms with Gasteiger partial charge in [-0.05, 0) is 30.6 Å². The SMILES string of the molecule is CSCC[C@@H](NC(N)=O)C(=O)OCC(=O)N(C)Cc1nc2ccccc2s1. The van der Waals surface area contributed by atoms with Gasteiger partial charge in [0.15, 0.2) is 6.61 Å². The maximum absolute atomic E-state index is 12.2. The Hall–Kier alpha value is -2.33. The lowest BCUT2D eigenvalue weighted by Crippen LogP contribution is -2.45. The third-order valence-electron chi connectivity index (χ3n) is 3.69. The minimum atomic E-state index is -0.864. The van der Waals surface area contributed by atoms with E-state index in [4.69, 9.17) is 10.5 Å². The van der Waals surface area contributed by atoms with Crippen LogP contribution < -0.4 is 11.1 Å². The van der Waals surface area contributed by atoms with E-state index >= 15 is 0 Å². The summed E-state index contributed by atoms with van der Waals surface area (Å²) < 4.78 is 6.10. The minimum Gasteiger partial charge on any atom is -0.454 e. The van der Waals surface area contributed by atoms with Crippen molar-refractivity contribution in [2.45, 2.75) is 19.0 Å². The lowest BCUT2D eigenvalue weighted by molar-refractivity contribution is -0.153. The topological polar surface area (TPSA) is 115 Å². The number of carbonyl (C=O) groups excluding carboxylic acids is 3. The van der Waals surface area contributed by atoms with Crippen molar-refractivity contribution in [2.24, 2.45) is 5.73 Å². The lowest BCUT2D eigenvalue weighted by atomic mass is 10.2. The lowest BCUT2D eigenvalue weighted by Gasteiger charge is -2.18. The molecule has 1 aromatic carbocycles. The number of primary amides is 1. The van der Waals surface area contributed by atoms with E-state index in [-0.39, 0.29) is 5.91 Å². The van der Waals surface area contributed by atoms with Gasteiger partial charge in [0.25, 0.3) is 5.91 Å². The van der Waals surface area contributed by atoms with E-state index in [1.54, 1.807) is 7.05 Å². The number of rotatable bonds is 9. The normalized spacial score (nSPS) is 11.8. The first-order chi connectivity index (χ1) is 12.9. The first-order valence-corrected chi connectivity index (χ1v) is 10.4. The number of amides is 3. The summed E-state index contributed by atoms with van der Waals surface area (Å²) in [7, 11) is 1.62. The minimum absolute atomic E-state index is 0.325. The molecule has 0 aliphatic heterocycles. The molecule has 27 heavy (non-hydrogen) atoms. The number of hydrogen-bond donors (Lipinski definition) is 2. The number of thiazole rings is 1. The average molecular weight is 411 g/mol. The summed E-state index contributed by atoms with van der Waals surface area (Å²) in [6.07, 6.45) is 2.26. The van der Waals surface area contributed by atoms with Gasteiger partial charge in [-0.25, -0.2) is 14.6 Å². The second-order valence-corrected chi connectivity index (χ2v) is 7.88. The van der Waals surface area contributed by atoms with Crippen LogP contribution in [0, 0.1) is 0 Å². The Labute approximate surface area is 165 Å². The molecule has 0 bridgehead atoms. The molecule has 1 atom stereocenters. The highest BCUT2D eigenvalue weighted by Gasteiger charge is 2.22. The van der Waals surface area contributed by atoms with Crippen LogP contribution >= 0.6 is 23.1 Å². The molecule has 0 aliphatic rings. The van der Waals surface area contributed by atoms with Gasteiger partial charge in [0.1, 0.15) is 11.0 Å². The number of nitrogens with zero attached hydrogens (tertiary/aromatic N) is 2. The van der Waals surface area contributed by atoms with E-state index in [2.05, 4.69) is 10.3 Å². The third-order valence-corrected chi connectivity index (χ3v) is 5.35. The van der Waals surface area contributed by atoms with Gasteiger partial charge >= 0.3 is 12.0 Å². The molecule has 2 rings (SSSR count). The van der Waals surface area contributed by atoms with Crippen molar-refractivity contribution in [3.63, 3.8) is 0 Å². The van der Waals surface area contributed by atoms with E-state index in [0.717, 1.165) is 15.2 Å². The fraction of sp³-hybridized carbons (Fsp3) is 0.412. The van der Waals surface area contributed by atoms with Gasteiger partial charge in [-0.15, -0.1) is 11.3 Å². The van der Waals surface area contributed by atoms with Crippen molar-refractivity contribution in [3.8, 4) is 0 Å². The van der Waals surface area contributed by atoms with Crippen molar-refractivity contribution < 1.29 is 19.1 Å². The number of para-hydroxylation sites is 1. The van der Waals surface area contributed by atoms with E-state index < -0.39 is 24.6 Å². The number of hydrogen-bond acceptors (Lipinski definition) is 7. The smallest absolute Gasteiger partial charge is 0.329 e. The number of ether oxygens (including phenoxy) is 1. The summed E-state index contributed by atoms with van der Waals surface area (Å²) in [5, 5.41) is 3.14. The molecular formula is C17H22N4O4S2. The van der Waals surface area contributed by atoms with Gasteiger partial charge in [0.05, 0.1) is 16.8 Å². The Morgan fingerprint density at radius 1 is 1.37 bits per heavy atom. The summed E-state index contributed by atoms with van der Waals surface area (Å²) in [6.45, 7) is -0.0817. The molecule has 0 saturated carbocycles. The van der Waals surface area contributed by atoms with E-state index in [9.17, 15) is 14.4 Å². The molecule has 0 fully saturated rings. The molecular weight excluding hydrogens is 388 g/mol. The number of aromatic nitrogens is 1. The Balaban J connectivity index is 1.87. The number of carbonyl (C=O) groups is 3. The Bertz CT molecular complexity index is 778. The molecule has 8 nitrogen and oxygen atoms in total. The fourth-order valence-electron chi connectivity index (χ4n) is 2.28. The zero-order chi connectivity index (χ0) is 19.8. The largest absolute Gasteiger partial charge is 0.454 e. The molecule has 0 aliphatic carbocycles. The van der Waals surface area contributed by atoms with E-state index in [0.29, 0.717) is 18.7 Å². The Morgan fingerprint density at radius 2 is 2.11 bits per heavy atom. The predicted molar refractivity (Wildman–Crippen MR) is 107 cm³/mol. The van der Waals surface area contributed by atoms with Crippen LogP contribution in [0.25, 0.3) is 10.2 Å². The number of thioether (sulfide) groups is 1. The first kappa shape index (κ1) is 21.0. The summed E-state index contributed by atoms with van der Waals surface area (Å²) in [6, 6.07) is 6.06. The monoisotopic (exact) mass is 410 g/mol. The van der Waals surface area contributed by atoms with Crippen LogP contribution in [-0.2, 0) is 20.9 Å². The highest BCUT2D eigenvalue weighted by atomic mass is 32.2. The number of likely N-dealkylation sites (N-methyl/N-ethyl adjacent to an activating group) is 1. The average Bonchev–Trinajstić information content (AvgIpc) is 3.04. The number of urea groups is 1. The molecule has 0 radical (unpaired) electrons. The molecule has 1 heterocycles. The number of esters is 1. The number of nitrogens with two attached hydrogens (primary N) is 1. The van der Waals surface area contributed by atoms with Crippen LogP contribution in [-0.4, -0.2) is 59.5 Å². The second kappa shape index (κ2) is 10.1. The maximum atomic E-state index is 12.2. The van der Waals surface area contributed by atoms with Crippen LogP contribution in [0.1, 0.15) is 11.4 Å². The van der Waals surface area contributed by atoms with Crippen LogP contribution in [0.2, 0.25) is 0 Å². The van der Waals surface area contributed by atoms with Gasteiger partial charge < -0.3 is 20.7 Å². The highest BCUT2D eigenvalue weighted by molar-refractivity contribution is 7.98. The van der Waals surface area contributed by atoms with Gasteiger partial charge in [0, 0.05) is 7.05 Å². The molecule has 2 aromatic rings. The third kappa shape index (κ3) is 6.40. The van der Waals surface area contributed by atoms with Gasteiger partial charge in [-0.3, -0.25) is 4.79 Å². The molecule has 146 valence electrons. The van der Waals surface area contributed by atoms with Crippen molar-refractivity contribution in [2.75, 3.05) is 25.7 Å². The maximum Gasteiger partial charge on any atom is 0.329 e. The molecule has 0 unspecified atom stereocenters. The molecule has 3 amide bonds. The first-order valence-electron chi connectivity index (χ1n) is 8.20. The molecule has 0 spiro atoms. The summed E-state index contributed by atoms with van der Waals surface area (Å²) >= 11 is 3.04. The van der Waals surface area contributed by atoms with Crippen molar-refractivity contribution in [1.82, 2.24) is 15.2 Å². The number of benzene rings is 1. The van der Waals surface area contributed by atoms with Crippen molar-refractivity contribution in [1.29, 1.82) is 0 Å². The quantitative estimate of drug-likeness (QED) is 0.607. The van der Waals surface area contributed by atoms with E-state index in [1.807, 2.05) is 30.5 Å². The van der Waals surface area contributed by atoms with Crippen LogP contribution in [0.3, 0.4) is 0 Å². The van der Waals surface area contributed by atoms with Crippen molar-refractivity contribution in [3.05, 3.63) is 29.3 Å². The van der Waals surface area contributed by atoms with E-state index in [1.165, 1.54) is 28.0 Å². The Morgan fingerprint density at radius 3 is 2.78 bits per heavy atom. The van der Waals surface area contributed by atoms with Crippen LogP contribution in [0.15, 0.2) is 24.3 Å².